The molecule has 1 atom stereocenters. The SMILES string of the molecule is CCN1C(=O)NC(c2ccc(OC)cc2)C(c2nc(-c3cccc(F)c3)no2)=C1C. The predicted molar refractivity (Wildman–Crippen MR) is 109 cm³/mol. The Morgan fingerprint density at radius 2 is 2.00 bits per heavy atom. The van der Waals surface area contributed by atoms with Crippen LogP contribution in [0.15, 0.2) is 58.8 Å². The summed E-state index contributed by atoms with van der Waals surface area (Å²) in [4.78, 5) is 18.7. The maximum atomic E-state index is 13.6. The number of halogens is 1. The minimum atomic E-state index is -0.480. The van der Waals surface area contributed by atoms with E-state index in [1.165, 1.54) is 12.1 Å². The Hall–Kier alpha value is -3.68. The summed E-state index contributed by atoms with van der Waals surface area (Å²) in [5.41, 5.74) is 2.77. The van der Waals surface area contributed by atoms with Gasteiger partial charge >= 0.3 is 6.03 Å². The first-order chi connectivity index (χ1) is 14.5. The van der Waals surface area contributed by atoms with Gasteiger partial charge in [-0.1, -0.05) is 29.4 Å². The van der Waals surface area contributed by atoms with Crippen LogP contribution in [0.5, 0.6) is 5.75 Å². The fraction of sp³-hybridized carbons (Fsp3) is 0.227. The van der Waals surface area contributed by atoms with Crippen LogP contribution < -0.4 is 10.1 Å². The van der Waals surface area contributed by atoms with Crippen molar-refractivity contribution in [3.63, 3.8) is 0 Å². The number of carbonyl (C=O) groups is 1. The van der Waals surface area contributed by atoms with Crippen LogP contribution in [0.2, 0.25) is 0 Å². The molecular weight excluding hydrogens is 387 g/mol. The third-order valence-electron chi connectivity index (χ3n) is 5.10. The molecule has 2 amide bonds. The van der Waals surface area contributed by atoms with E-state index in [4.69, 9.17) is 9.26 Å². The third-order valence-corrected chi connectivity index (χ3v) is 5.10. The van der Waals surface area contributed by atoms with Gasteiger partial charge in [-0.25, -0.2) is 9.18 Å². The Morgan fingerprint density at radius 1 is 1.23 bits per heavy atom. The van der Waals surface area contributed by atoms with Crippen molar-refractivity contribution in [2.75, 3.05) is 13.7 Å². The average Bonchev–Trinajstić information content (AvgIpc) is 3.23. The molecule has 30 heavy (non-hydrogen) atoms. The Morgan fingerprint density at radius 3 is 2.67 bits per heavy atom. The first-order valence-corrected chi connectivity index (χ1v) is 9.54. The topological polar surface area (TPSA) is 80.5 Å². The van der Waals surface area contributed by atoms with Gasteiger partial charge in [0.15, 0.2) is 0 Å². The minimum absolute atomic E-state index is 0.204. The molecule has 0 saturated heterocycles. The van der Waals surface area contributed by atoms with E-state index in [1.54, 1.807) is 24.1 Å². The number of carbonyl (C=O) groups excluding carboxylic acids is 1. The van der Waals surface area contributed by atoms with Crippen molar-refractivity contribution in [3.8, 4) is 17.1 Å². The summed E-state index contributed by atoms with van der Waals surface area (Å²) >= 11 is 0. The molecule has 0 bridgehead atoms. The summed E-state index contributed by atoms with van der Waals surface area (Å²) in [6, 6.07) is 12.7. The van der Waals surface area contributed by atoms with Crippen LogP contribution in [-0.4, -0.2) is 34.7 Å². The second-order valence-electron chi connectivity index (χ2n) is 6.83. The number of rotatable bonds is 5. The highest BCUT2D eigenvalue weighted by Crippen LogP contribution is 2.37. The third kappa shape index (κ3) is 3.52. The fourth-order valence-corrected chi connectivity index (χ4v) is 3.56. The number of nitrogens with zero attached hydrogens (tertiary/aromatic N) is 3. The Labute approximate surface area is 173 Å². The van der Waals surface area contributed by atoms with Gasteiger partial charge in [0.2, 0.25) is 5.82 Å². The Balaban J connectivity index is 1.80. The number of ether oxygens (including phenoxy) is 1. The van der Waals surface area contributed by atoms with Gasteiger partial charge in [-0.05, 0) is 43.7 Å². The minimum Gasteiger partial charge on any atom is -0.497 e. The van der Waals surface area contributed by atoms with Crippen LogP contribution in [0.25, 0.3) is 17.0 Å². The largest absolute Gasteiger partial charge is 0.497 e. The molecular formula is C22H21FN4O3. The number of hydrogen-bond acceptors (Lipinski definition) is 5. The average molecular weight is 408 g/mol. The van der Waals surface area contributed by atoms with Gasteiger partial charge in [0.25, 0.3) is 5.89 Å². The molecule has 1 aliphatic heterocycles. The molecule has 1 unspecified atom stereocenters. The van der Waals surface area contributed by atoms with Crippen molar-refractivity contribution < 1.29 is 18.4 Å². The van der Waals surface area contributed by atoms with Crippen molar-refractivity contribution >= 4 is 11.6 Å². The van der Waals surface area contributed by atoms with E-state index < -0.39 is 6.04 Å². The highest BCUT2D eigenvalue weighted by molar-refractivity contribution is 5.86. The van der Waals surface area contributed by atoms with Gasteiger partial charge in [-0.2, -0.15) is 4.98 Å². The lowest BCUT2D eigenvalue weighted by Gasteiger charge is -2.34. The lowest BCUT2D eigenvalue weighted by Crippen LogP contribution is -2.45. The maximum Gasteiger partial charge on any atom is 0.322 e. The number of urea groups is 1. The number of allylic oxidation sites excluding steroid dienone is 1. The molecule has 0 fully saturated rings. The molecule has 154 valence electrons. The number of methoxy groups -OCH3 is 1. The molecule has 0 spiro atoms. The van der Waals surface area contributed by atoms with Gasteiger partial charge in [0.1, 0.15) is 11.6 Å². The van der Waals surface area contributed by atoms with Crippen molar-refractivity contribution in [2.24, 2.45) is 0 Å². The summed E-state index contributed by atoms with van der Waals surface area (Å²) < 4.78 is 24.4. The molecule has 1 aromatic heterocycles. The zero-order valence-corrected chi connectivity index (χ0v) is 16.8. The molecule has 4 rings (SSSR count). The quantitative estimate of drug-likeness (QED) is 0.677. The summed E-state index contributed by atoms with van der Waals surface area (Å²) in [5.74, 6) is 0.876. The van der Waals surface area contributed by atoms with Gasteiger partial charge in [0.05, 0.1) is 18.7 Å². The van der Waals surface area contributed by atoms with Crippen LogP contribution >= 0.6 is 0 Å². The Bertz CT molecular complexity index is 1110. The van der Waals surface area contributed by atoms with Crippen molar-refractivity contribution in [1.29, 1.82) is 0 Å². The number of amides is 2. The molecule has 3 aromatic rings. The summed E-state index contributed by atoms with van der Waals surface area (Å²) in [5, 5.41) is 7.03. The zero-order valence-electron chi connectivity index (χ0n) is 16.8. The number of nitrogens with one attached hydrogen (secondary N) is 1. The van der Waals surface area contributed by atoms with Crippen molar-refractivity contribution in [2.45, 2.75) is 19.9 Å². The van der Waals surface area contributed by atoms with Crippen molar-refractivity contribution in [3.05, 3.63) is 71.5 Å². The summed E-state index contributed by atoms with van der Waals surface area (Å²) in [6.45, 7) is 4.22. The molecule has 2 heterocycles. The van der Waals surface area contributed by atoms with Gasteiger partial charge in [-0.3, -0.25) is 4.90 Å². The molecule has 7 nitrogen and oxygen atoms in total. The van der Waals surface area contributed by atoms with Gasteiger partial charge in [0, 0.05) is 17.8 Å². The molecule has 0 radical (unpaired) electrons. The number of aromatic nitrogens is 2. The maximum absolute atomic E-state index is 13.6. The van der Waals surface area contributed by atoms with Crippen LogP contribution in [0.3, 0.4) is 0 Å². The first-order valence-electron chi connectivity index (χ1n) is 9.54. The molecule has 0 aliphatic carbocycles. The van der Waals surface area contributed by atoms with E-state index in [-0.39, 0.29) is 23.6 Å². The highest BCUT2D eigenvalue weighted by atomic mass is 19.1. The highest BCUT2D eigenvalue weighted by Gasteiger charge is 2.35. The predicted octanol–water partition coefficient (Wildman–Crippen LogP) is 4.40. The van der Waals surface area contributed by atoms with E-state index in [0.29, 0.717) is 23.4 Å². The van der Waals surface area contributed by atoms with Crippen LogP contribution in [-0.2, 0) is 0 Å². The smallest absolute Gasteiger partial charge is 0.322 e. The molecule has 1 N–H and O–H groups in total. The van der Waals surface area contributed by atoms with Gasteiger partial charge < -0.3 is 14.6 Å². The van der Waals surface area contributed by atoms with E-state index in [1.807, 2.05) is 38.1 Å². The standard InChI is InChI=1S/C22H21FN4O3/c1-4-27-13(2)18(19(24-22(27)28)14-8-10-17(29-3)11-9-14)21-25-20(26-30-21)15-6-5-7-16(23)12-15/h5-12,19H,4H2,1-3H3,(H,24,28). The normalized spacial score (nSPS) is 16.6. The van der Waals surface area contributed by atoms with Crippen molar-refractivity contribution in [1.82, 2.24) is 20.4 Å². The molecule has 0 saturated carbocycles. The first kappa shape index (κ1) is 19.6. The lowest BCUT2D eigenvalue weighted by molar-refractivity contribution is 0.207. The van der Waals surface area contributed by atoms with E-state index in [9.17, 15) is 9.18 Å². The zero-order chi connectivity index (χ0) is 21.3. The number of benzene rings is 2. The monoisotopic (exact) mass is 408 g/mol. The second-order valence-corrected chi connectivity index (χ2v) is 6.83. The van der Waals surface area contributed by atoms with Crippen LogP contribution in [0, 0.1) is 5.82 Å². The van der Waals surface area contributed by atoms with Crippen LogP contribution in [0.1, 0.15) is 31.3 Å². The summed E-state index contributed by atoms with van der Waals surface area (Å²) in [6.07, 6.45) is 0. The molecule has 1 aliphatic rings. The summed E-state index contributed by atoms with van der Waals surface area (Å²) in [7, 11) is 1.60. The fourth-order valence-electron chi connectivity index (χ4n) is 3.56. The number of hydrogen-bond donors (Lipinski definition) is 1. The van der Waals surface area contributed by atoms with E-state index >= 15 is 0 Å². The van der Waals surface area contributed by atoms with E-state index in [0.717, 1.165) is 11.3 Å². The second kappa shape index (κ2) is 7.98. The molecule has 8 heteroatoms. The van der Waals surface area contributed by atoms with Crippen LogP contribution in [0.4, 0.5) is 9.18 Å². The lowest BCUT2D eigenvalue weighted by atomic mass is 9.94. The van der Waals surface area contributed by atoms with Gasteiger partial charge in [-0.15, -0.1) is 0 Å². The van der Waals surface area contributed by atoms with E-state index in [2.05, 4.69) is 15.5 Å². The Kier molecular flexibility index (Phi) is 5.22. The molecule has 2 aromatic carbocycles.